The molecule has 0 aliphatic rings. The number of rotatable bonds is 7. The van der Waals surface area contributed by atoms with Crippen LogP contribution >= 0.6 is 0 Å². The molecule has 4 rings (SSSR count). The molecule has 0 aliphatic carbocycles. The molecule has 34 heavy (non-hydrogen) atoms. The van der Waals surface area contributed by atoms with Gasteiger partial charge in [-0.3, -0.25) is 4.57 Å². The molecule has 0 radical (unpaired) electrons. The fraction of sp³-hybridized carbons (Fsp3) is 0.259. The Morgan fingerprint density at radius 3 is 2.38 bits per heavy atom. The molecule has 0 atom stereocenters. The van der Waals surface area contributed by atoms with E-state index in [0.717, 1.165) is 33.5 Å². The molecule has 0 saturated carbocycles. The third-order valence-corrected chi connectivity index (χ3v) is 6.09. The maximum Gasteiger partial charge on any atom is 0.335 e. The Morgan fingerprint density at radius 1 is 1.15 bits per heavy atom. The van der Waals surface area contributed by atoms with Crippen LogP contribution in [0.1, 0.15) is 46.7 Å². The first-order valence-electron chi connectivity index (χ1n) is 11.0. The lowest BCUT2D eigenvalue weighted by Crippen LogP contribution is -2.28. The Hall–Kier alpha value is -3.71. The molecule has 7 heteroatoms. The molecule has 0 saturated heterocycles. The van der Waals surface area contributed by atoms with Crippen molar-refractivity contribution in [2.24, 2.45) is 0 Å². The molecule has 0 amide bonds. The van der Waals surface area contributed by atoms with Crippen molar-refractivity contribution in [2.45, 2.75) is 32.6 Å². The molecule has 2 aromatic carbocycles. The van der Waals surface area contributed by atoms with Gasteiger partial charge >= 0.3 is 5.97 Å². The third kappa shape index (κ3) is 4.26. The first kappa shape index (κ1) is 23.4. The van der Waals surface area contributed by atoms with E-state index in [2.05, 4.69) is 18.4 Å². The number of carboxylic acids is 1. The lowest BCUT2D eigenvalue weighted by Gasteiger charge is -2.28. The number of aromatic nitrogens is 2. The van der Waals surface area contributed by atoms with E-state index >= 15 is 0 Å². The van der Waals surface area contributed by atoms with Crippen LogP contribution in [-0.2, 0) is 16.6 Å². The molecule has 4 aromatic rings. The van der Waals surface area contributed by atoms with Crippen molar-refractivity contribution < 1.29 is 19.0 Å². The van der Waals surface area contributed by atoms with E-state index < -0.39 is 11.4 Å². The van der Waals surface area contributed by atoms with Crippen molar-refractivity contribution in [1.29, 1.82) is 0 Å². The van der Waals surface area contributed by atoms with Crippen LogP contribution in [0, 0.1) is 12.7 Å². The van der Waals surface area contributed by atoms with E-state index in [4.69, 9.17) is 15.5 Å². The summed E-state index contributed by atoms with van der Waals surface area (Å²) >= 11 is 0. The lowest BCUT2D eigenvalue weighted by molar-refractivity contribution is 0.0697. The van der Waals surface area contributed by atoms with Crippen LogP contribution in [0.25, 0.3) is 16.7 Å². The summed E-state index contributed by atoms with van der Waals surface area (Å²) in [5, 5.41) is 10.2. The van der Waals surface area contributed by atoms with Crippen molar-refractivity contribution in [1.82, 2.24) is 9.55 Å². The van der Waals surface area contributed by atoms with Crippen LogP contribution in [0.5, 0.6) is 0 Å². The Balaban J connectivity index is 2.03. The Bertz CT molecular complexity index is 1360. The second-order valence-electron chi connectivity index (χ2n) is 9.17. The second kappa shape index (κ2) is 8.91. The highest BCUT2D eigenvalue weighted by molar-refractivity contribution is 5.89. The molecule has 0 unspecified atom stereocenters. The Morgan fingerprint density at radius 2 is 1.79 bits per heavy atom. The Kier molecular flexibility index (Phi) is 6.15. The molecule has 6 nitrogen and oxygen atoms in total. The number of hydrogen-bond acceptors (Lipinski definition) is 4. The number of carboxylic acid groups (broad SMARTS) is 1. The molecule has 0 aliphatic heterocycles. The van der Waals surface area contributed by atoms with Gasteiger partial charge in [0.05, 0.1) is 23.6 Å². The minimum Gasteiger partial charge on any atom is -0.478 e. The first-order chi connectivity index (χ1) is 16.1. The minimum absolute atomic E-state index is 0.235. The highest BCUT2D eigenvalue weighted by Gasteiger charge is 2.32. The van der Waals surface area contributed by atoms with E-state index in [9.17, 15) is 14.3 Å². The number of pyridine rings is 1. The molecular weight excluding hydrogens is 433 g/mol. The summed E-state index contributed by atoms with van der Waals surface area (Å²) < 4.78 is 21.4. The summed E-state index contributed by atoms with van der Waals surface area (Å²) in [6, 6.07) is 15.1. The fourth-order valence-corrected chi connectivity index (χ4v) is 4.50. The molecule has 176 valence electrons. The first-order valence-corrected chi connectivity index (χ1v) is 11.0. The number of nitrogens with zero attached hydrogens (tertiary/aromatic N) is 2. The summed E-state index contributed by atoms with van der Waals surface area (Å²) in [5.41, 5.74) is 11.9. The van der Waals surface area contributed by atoms with Gasteiger partial charge in [0.2, 0.25) is 0 Å². The summed E-state index contributed by atoms with van der Waals surface area (Å²) in [4.78, 5) is 16.1. The monoisotopic (exact) mass is 461 g/mol. The SMILES string of the molecule is COCC(C)(C)c1c(Cc2ccc(C(=O)O)cc2)c2cc(N)c(C)nc2n1-c1ccc(F)cc1. The number of benzene rings is 2. The number of anilines is 1. The zero-order valence-corrected chi connectivity index (χ0v) is 19.7. The number of halogens is 1. The number of hydrogen-bond donors (Lipinski definition) is 2. The maximum absolute atomic E-state index is 13.8. The van der Waals surface area contributed by atoms with Gasteiger partial charge in [0.1, 0.15) is 11.5 Å². The van der Waals surface area contributed by atoms with Gasteiger partial charge in [-0.25, -0.2) is 14.2 Å². The molecule has 0 fully saturated rings. The summed E-state index contributed by atoms with van der Waals surface area (Å²) in [7, 11) is 1.66. The van der Waals surface area contributed by atoms with Gasteiger partial charge in [-0.1, -0.05) is 26.0 Å². The molecule has 0 spiro atoms. The number of carbonyl (C=O) groups is 1. The number of nitrogen functional groups attached to an aromatic ring is 1. The molecular formula is C27H28FN3O3. The van der Waals surface area contributed by atoms with Crippen LogP contribution < -0.4 is 5.73 Å². The largest absolute Gasteiger partial charge is 0.478 e. The quantitative estimate of drug-likeness (QED) is 0.391. The van der Waals surface area contributed by atoms with Crippen LogP contribution in [-0.4, -0.2) is 34.3 Å². The zero-order valence-electron chi connectivity index (χ0n) is 19.7. The van der Waals surface area contributed by atoms with E-state index in [1.165, 1.54) is 12.1 Å². The van der Waals surface area contributed by atoms with Crippen LogP contribution in [0.15, 0.2) is 54.6 Å². The average molecular weight is 462 g/mol. The summed E-state index contributed by atoms with van der Waals surface area (Å²) in [5.74, 6) is -1.28. The Labute approximate surface area is 197 Å². The minimum atomic E-state index is -0.964. The van der Waals surface area contributed by atoms with Gasteiger partial charge < -0.3 is 15.6 Å². The number of ether oxygens (including phenoxy) is 1. The maximum atomic E-state index is 13.8. The number of aryl methyl sites for hydroxylation is 1. The van der Waals surface area contributed by atoms with Crippen LogP contribution in [0.4, 0.5) is 10.1 Å². The van der Waals surface area contributed by atoms with Crippen LogP contribution in [0.3, 0.4) is 0 Å². The molecule has 0 bridgehead atoms. The van der Waals surface area contributed by atoms with Gasteiger partial charge in [-0.05, 0) is 66.9 Å². The number of methoxy groups -OCH3 is 1. The fourth-order valence-electron chi connectivity index (χ4n) is 4.50. The number of nitrogens with two attached hydrogens (primary N) is 1. The highest BCUT2D eigenvalue weighted by Crippen LogP contribution is 2.39. The van der Waals surface area contributed by atoms with E-state index in [1.54, 1.807) is 31.4 Å². The zero-order chi connectivity index (χ0) is 24.6. The van der Waals surface area contributed by atoms with Crippen molar-refractivity contribution >= 4 is 22.7 Å². The van der Waals surface area contributed by atoms with E-state index in [1.807, 2.05) is 25.1 Å². The van der Waals surface area contributed by atoms with Crippen molar-refractivity contribution in [3.8, 4) is 5.69 Å². The molecule has 2 heterocycles. The molecule has 2 aromatic heterocycles. The standard InChI is InChI=1S/C27H28FN3O3/c1-16-23(29)14-22-21(13-17-5-7-18(8-6-17)26(32)33)24(27(2,3)15-34-4)31(25(22)30-16)20-11-9-19(28)10-12-20/h5-12,14H,13,15,29H2,1-4H3,(H,32,33). The number of fused-ring (bicyclic) bond motifs is 1. The van der Waals surface area contributed by atoms with E-state index in [-0.39, 0.29) is 11.4 Å². The molecule has 3 N–H and O–H groups in total. The highest BCUT2D eigenvalue weighted by atomic mass is 19.1. The predicted molar refractivity (Wildman–Crippen MR) is 131 cm³/mol. The van der Waals surface area contributed by atoms with Gasteiger partial charge in [0, 0.05) is 29.3 Å². The van der Waals surface area contributed by atoms with Gasteiger partial charge in [-0.2, -0.15) is 0 Å². The predicted octanol–water partition coefficient (Wildman–Crippen LogP) is 5.27. The lowest BCUT2D eigenvalue weighted by atomic mass is 9.85. The van der Waals surface area contributed by atoms with Crippen molar-refractivity contribution in [3.63, 3.8) is 0 Å². The average Bonchev–Trinajstić information content (AvgIpc) is 3.09. The topological polar surface area (TPSA) is 90.4 Å². The van der Waals surface area contributed by atoms with Crippen LogP contribution in [0.2, 0.25) is 0 Å². The van der Waals surface area contributed by atoms with Gasteiger partial charge in [0.25, 0.3) is 0 Å². The number of aromatic carboxylic acids is 1. The van der Waals surface area contributed by atoms with Crippen molar-refractivity contribution in [3.05, 3.63) is 88.5 Å². The normalized spacial score (nSPS) is 11.8. The third-order valence-electron chi connectivity index (χ3n) is 6.09. The smallest absolute Gasteiger partial charge is 0.335 e. The van der Waals surface area contributed by atoms with Gasteiger partial charge in [-0.15, -0.1) is 0 Å². The van der Waals surface area contributed by atoms with Crippen molar-refractivity contribution in [2.75, 3.05) is 19.5 Å². The van der Waals surface area contributed by atoms with Gasteiger partial charge in [0.15, 0.2) is 0 Å². The summed E-state index contributed by atoms with van der Waals surface area (Å²) in [6.45, 7) is 6.50. The van der Waals surface area contributed by atoms with E-state index in [0.29, 0.717) is 24.4 Å². The summed E-state index contributed by atoms with van der Waals surface area (Å²) in [6.07, 6.45) is 0.539. The second-order valence-corrected chi connectivity index (χ2v) is 9.17.